The van der Waals surface area contributed by atoms with Crippen LogP contribution in [0.25, 0.3) is 0 Å². The van der Waals surface area contributed by atoms with Gasteiger partial charge in [-0.25, -0.2) is 13.2 Å². The fraction of sp³-hybridized carbons (Fsp3) is 0.586. The Morgan fingerprint density at radius 3 is 2.50 bits per heavy atom. The fourth-order valence-electron chi connectivity index (χ4n) is 8.42. The van der Waals surface area contributed by atoms with Crippen molar-refractivity contribution in [1.29, 1.82) is 0 Å². The lowest BCUT2D eigenvalue weighted by Crippen LogP contribution is -2.71. The van der Waals surface area contributed by atoms with Crippen molar-refractivity contribution in [1.82, 2.24) is 0 Å². The molecule has 1 aliphatic heterocycles. The molecule has 5 aliphatic rings. The van der Waals surface area contributed by atoms with Crippen LogP contribution >= 0.6 is 12.2 Å². The minimum Gasteiger partial charge on any atom is -0.447 e. The summed E-state index contributed by atoms with van der Waals surface area (Å²) in [4.78, 5) is 12.0. The molecule has 4 aliphatic carbocycles. The molecule has 0 radical (unpaired) electrons. The van der Waals surface area contributed by atoms with Crippen LogP contribution in [0.1, 0.15) is 47.0 Å². The first-order chi connectivity index (χ1) is 17.7. The minimum absolute atomic E-state index is 0.108. The number of ketones is 1. The number of aliphatic hydroxyl groups is 1. The molecule has 5 nitrogen and oxygen atoms in total. The number of carbonyl (C=O) groups excluding carboxylic acids is 1. The molecule has 38 heavy (non-hydrogen) atoms. The van der Waals surface area contributed by atoms with E-state index in [1.165, 1.54) is 13.0 Å². The number of ether oxygens (including phenoxy) is 3. The molecule has 1 aromatic carbocycles. The van der Waals surface area contributed by atoms with Gasteiger partial charge in [0.15, 0.2) is 22.9 Å². The maximum Gasteiger partial charge on any atom is 0.213 e. The highest BCUT2D eigenvalue weighted by molar-refractivity contribution is 7.80. The second kappa shape index (κ2) is 7.99. The maximum atomic E-state index is 17.5. The van der Waals surface area contributed by atoms with E-state index < -0.39 is 75.3 Å². The van der Waals surface area contributed by atoms with Gasteiger partial charge in [-0.3, -0.25) is 4.79 Å². The zero-order valence-corrected chi connectivity index (χ0v) is 22.5. The summed E-state index contributed by atoms with van der Waals surface area (Å²) >= 11 is 5.86. The predicted molar refractivity (Wildman–Crippen MR) is 137 cm³/mol. The summed E-state index contributed by atoms with van der Waals surface area (Å²) in [6, 6.07) is 8.97. The summed E-state index contributed by atoms with van der Waals surface area (Å²) in [7, 11) is 0. The third kappa shape index (κ3) is 3.04. The summed E-state index contributed by atoms with van der Waals surface area (Å²) in [6.07, 6.45) is -2.20. The smallest absolute Gasteiger partial charge is 0.213 e. The molecule has 0 aromatic heterocycles. The molecule has 204 valence electrons. The maximum absolute atomic E-state index is 17.5. The zero-order chi connectivity index (χ0) is 27.5. The molecular weight excluding hydrogens is 517 g/mol. The summed E-state index contributed by atoms with van der Waals surface area (Å²) in [5, 5.41) is 11.7. The Kier molecular flexibility index (Phi) is 5.50. The number of rotatable bonds is 2. The van der Waals surface area contributed by atoms with Gasteiger partial charge in [-0.15, -0.1) is 0 Å². The Morgan fingerprint density at radius 1 is 1.13 bits per heavy atom. The first-order valence-corrected chi connectivity index (χ1v) is 13.4. The van der Waals surface area contributed by atoms with Crippen LogP contribution in [-0.4, -0.2) is 51.4 Å². The molecule has 1 heterocycles. The second-order valence-electron chi connectivity index (χ2n) is 12.2. The van der Waals surface area contributed by atoms with Crippen LogP contribution in [0.2, 0.25) is 0 Å². The Hall–Kier alpha value is -2.07. The van der Waals surface area contributed by atoms with Crippen LogP contribution in [0, 0.1) is 22.7 Å². The van der Waals surface area contributed by atoms with Crippen LogP contribution in [0.5, 0.6) is 5.75 Å². The SMILES string of the molecule is CC1(C)O[C@@H]2C[C@H]3[C@@H]4C[C@H](F)C5=C(F)C(=O)C=C[C@]5(C)[C@]4(F)[C@@H](O)C[C@]3(C)[C@]2(C(=S)Oc2ccccc2)O1. The average Bonchev–Trinajstić information content (AvgIpc) is 3.25. The molecule has 0 spiro atoms. The number of halogens is 3. The zero-order valence-electron chi connectivity index (χ0n) is 21.7. The number of carbonyl (C=O) groups is 1. The Bertz CT molecular complexity index is 1280. The molecule has 0 amide bonds. The van der Waals surface area contributed by atoms with E-state index in [-0.39, 0.29) is 24.3 Å². The van der Waals surface area contributed by atoms with Crippen molar-refractivity contribution in [3.05, 3.63) is 53.9 Å². The van der Waals surface area contributed by atoms with Gasteiger partial charge in [-0.2, -0.15) is 0 Å². The molecule has 9 heteroatoms. The molecule has 0 unspecified atom stereocenters. The highest BCUT2D eigenvalue weighted by Gasteiger charge is 2.80. The lowest BCUT2D eigenvalue weighted by Gasteiger charge is -2.63. The van der Waals surface area contributed by atoms with E-state index in [4.69, 9.17) is 26.4 Å². The van der Waals surface area contributed by atoms with Crippen LogP contribution in [0.3, 0.4) is 0 Å². The van der Waals surface area contributed by atoms with Gasteiger partial charge in [-0.1, -0.05) is 31.2 Å². The first-order valence-electron chi connectivity index (χ1n) is 13.0. The number of thiocarbonyl (C=S) groups is 1. The van der Waals surface area contributed by atoms with Crippen molar-refractivity contribution in [3.63, 3.8) is 0 Å². The van der Waals surface area contributed by atoms with E-state index >= 15 is 8.78 Å². The summed E-state index contributed by atoms with van der Waals surface area (Å²) < 4.78 is 67.2. The van der Waals surface area contributed by atoms with Gasteiger partial charge in [0, 0.05) is 22.3 Å². The molecular formula is C29H31F3O5S. The molecule has 1 N–H and O–H groups in total. The van der Waals surface area contributed by atoms with Crippen LogP contribution < -0.4 is 4.74 Å². The van der Waals surface area contributed by atoms with E-state index in [0.29, 0.717) is 5.75 Å². The van der Waals surface area contributed by atoms with Crippen LogP contribution in [-0.2, 0) is 14.3 Å². The van der Waals surface area contributed by atoms with Crippen molar-refractivity contribution in [2.45, 2.75) is 82.4 Å². The highest BCUT2D eigenvalue weighted by Crippen LogP contribution is 2.73. The molecule has 0 bridgehead atoms. The highest BCUT2D eigenvalue weighted by atomic mass is 32.1. The second-order valence-corrected chi connectivity index (χ2v) is 12.6. The Labute approximate surface area is 225 Å². The first kappa shape index (κ1) is 26.2. The van der Waals surface area contributed by atoms with Gasteiger partial charge in [0.05, 0.1) is 12.2 Å². The number of aliphatic hydroxyl groups excluding tert-OH is 1. The third-order valence-electron chi connectivity index (χ3n) is 9.96. The quantitative estimate of drug-likeness (QED) is 0.492. The topological polar surface area (TPSA) is 65.0 Å². The number of benzene rings is 1. The number of fused-ring (bicyclic) bond motifs is 7. The van der Waals surface area contributed by atoms with Crippen molar-refractivity contribution in [3.8, 4) is 5.75 Å². The molecule has 9 atom stereocenters. The third-order valence-corrected chi connectivity index (χ3v) is 10.3. The van der Waals surface area contributed by atoms with Gasteiger partial charge in [0.2, 0.25) is 10.8 Å². The van der Waals surface area contributed by atoms with E-state index in [9.17, 15) is 14.3 Å². The molecule has 4 fully saturated rings. The van der Waals surface area contributed by atoms with Crippen molar-refractivity contribution in [2.75, 3.05) is 0 Å². The van der Waals surface area contributed by atoms with Gasteiger partial charge < -0.3 is 19.3 Å². The normalized spacial score (nSPS) is 46.7. The number of hydrogen-bond donors (Lipinski definition) is 1. The fourth-order valence-corrected chi connectivity index (χ4v) is 8.92. The van der Waals surface area contributed by atoms with Gasteiger partial charge >= 0.3 is 0 Å². The predicted octanol–water partition coefficient (Wildman–Crippen LogP) is 5.51. The largest absolute Gasteiger partial charge is 0.447 e. The van der Waals surface area contributed by atoms with E-state index in [2.05, 4.69) is 0 Å². The lowest BCUT2D eigenvalue weighted by atomic mass is 9.44. The molecule has 1 saturated heterocycles. The molecule has 3 saturated carbocycles. The number of alkyl halides is 2. The van der Waals surface area contributed by atoms with E-state index in [1.807, 2.05) is 13.0 Å². The molecule has 6 rings (SSSR count). The average molecular weight is 549 g/mol. The number of para-hydroxylation sites is 1. The van der Waals surface area contributed by atoms with Crippen LogP contribution in [0.4, 0.5) is 13.2 Å². The minimum atomic E-state index is -2.43. The van der Waals surface area contributed by atoms with Gasteiger partial charge in [-0.05, 0) is 76.4 Å². The van der Waals surface area contributed by atoms with E-state index in [0.717, 1.165) is 6.08 Å². The summed E-state index contributed by atoms with van der Waals surface area (Å²) in [5.41, 5.74) is -7.11. The standard InChI is InChI=1S/C29H31F3O5S/c1-25(2)36-21-13-16-17-12-18(30)22-23(31)19(33)10-11-26(22,3)28(17,32)20(34)14-27(16,4)29(21,37-25)24(38)35-15-8-6-5-7-9-15/h5-11,16-18,20-21,34H,12-14H2,1-4H3/t16-,17-,18-,20-,21+,26-,27-,28+,29-/m0/s1. The monoisotopic (exact) mass is 548 g/mol. The summed E-state index contributed by atoms with van der Waals surface area (Å²) in [5.74, 6) is -4.37. The summed E-state index contributed by atoms with van der Waals surface area (Å²) in [6.45, 7) is 6.77. The molecule has 1 aromatic rings. The van der Waals surface area contributed by atoms with Crippen molar-refractivity contribution in [2.24, 2.45) is 22.7 Å². The van der Waals surface area contributed by atoms with Crippen molar-refractivity contribution < 1.29 is 37.3 Å². The van der Waals surface area contributed by atoms with Crippen molar-refractivity contribution >= 4 is 23.1 Å². The van der Waals surface area contributed by atoms with Gasteiger partial charge in [0.25, 0.3) is 0 Å². The number of allylic oxidation sites excluding steroid dienone is 4. The Morgan fingerprint density at radius 2 is 1.82 bits per heavy atom. The Balaban J connectivity index is 1.47. The van der Waals surface area contributed by atoms with Crippen LogP contribution in [0.15, 0.2) is 53.9 Å². The lowest BCUT2D eigenvalue weighted by molar-refractivity contribution is -0.240. The van der Waals surface area contributed by atoms with E-state index in [1.54, 1.807) is 38.1 Å². The number of hydrogen-bond acceptors (Lipinski definition) is 6. The van der Waals surface area contributed by atoms with Gasteiger partial charge in [0.1, 0.15) is 11.9 Å².